The fourth-order valence-electron chi connectivity index (χ4n) is 1.87. The van der Waals surface area contributed by atoms with Crippen LogP contribution >= 0.6 is 0 Å². The van der Waals surface area contributed by atoms with Gasteiger partial charge in [-0.1, -0.05) is 13.8 Å². The number of piperidine rings is 1. The Morgan fingerprint density at radius 2 is 2.23 bits per heavy atom. The van der Waals surface area contributed by atoms with Crippen molar-refractivity contribution in [3.63, 3.8) is 0 Å². The van der Waals surface area contributed by atoms with E-state index in [0.29, 0.717) is 0 Å². The molecule has 0 aromatic rings. The summed E-state index contributed by atoms with van der Waals surface area (Å²) >= 11 is 0. The van der Waals surface area contributed by atoms with Crippen molar-refractivity contribution in [2.45, 2.75) is 26.4 Å². The highest BCUT2D eigenvalue weighted by atomic mass is 16.5. The van der Waals surface area contributed by atoms with E-state index >= 15 is 0 Å². The molecule has 1 saturated heterocycles. The van der Waals surface area contributed by atoms with Crippen LogP contribution < -0.4 is 0 Å². The molecule has 0 bridgehead atoms. The van der Waals surface area contributed by atoms with Crippen molar-refractivity contribution >= 4 is 0 Å². The smallest absolute Gasteiger partial charge is 0.0615 e. The summed E-state index contributed by atoms with van der Waals surface area (Å²) < 4.78 is 5.04. The predicted molar refractivity (Wildman–Crippen MR) is 52.7 cm³/mol. The lowest BCUT2D eigenvalue weighted by Crippen LogP contribution is -2.49. The quantitative estimate of drug-likeness (QED) is 0.707. The van der Waals surface area contributed by atoms with Crippen molar-refractivity contribution < 1.29 is 9.84 Å². The molecule has 1 unspecified atom stereocenters. The lowest BCUT2D eigenvalue weighted by molar-refractivity contribution is -0.0296. The third kappa shape index (κ3) is 2.93. The highest BCUT2D eigenvalue weighted by Crippen LogP contribution is 2.28. The summed E-state index contributed by atoms with van der Waals surface area (Å²) in [7, 11) is 1.73. The van der Waals surface area contributed by atoms with Crippen molar-refractivity contribution in [3.05, 3.63) is 0 Å². The van der Waals surface area contributed by atoms with Gasteiger partial charge in [-0.3, -0.25) is 0 Å². The van der Waals surface area contributed by atoms with Crippen LogP contribution in [0.2, 0.25) is 0 Å². The molecule has 13 heavy (non-hydrogen) atoms. The third-order valence-corrected chi connectivity index (χ3v) is 2.86. The molecule has 1 aliphatic rings. The topological polar surface area (TPSA) is 32.7 Å². The van der Waals surface area contributed by atoms with Crippen LogP contribution in [-0.2, 0) is 4.74 Å². The molecule has 1 atom stereocenters. The Kier molecular flexibility index (Phi) is 3.71. The second kappa shape index (κ2) is 4.40. The molecule has 78 valence electrons. The molecular weight excluding hydrogens is 166 g/mol. The second-order valence-electron chi connectivity index (χ2n) is 4.56. The van der Waals surface area contributed by atoms with Gasteiger partial charge in [0, 0.05) is 32.2 Å². The highest BCUT2D eigenvalue weighted by molar-refractivity contribution is 4.86. The fourth-order valence-corrected chi connectivity index (χ4v) is 1.87. The standard InChI is InChI=1S/C10H21NO2/c1-10(2)8-11(6-7-13-3)5-4-9(10)12/h9,12H,4-8H2,1-3H3. The minimum atomic E-state index is -0.147. The Hall–Kier alpha value is -0.120. The van der Waals surface area contributed by atoms with E-state index < -0.39 is 0 Å². The molecule has 0 aromatic heterocycles. The Labute approximate surface area is 80.7 Å². The highest BCUT2D eigenvalue weighted by Gasteiger charge is 2.33. The van der Waals surface area contributed by atoms with Gasteiger partial charge < -0.3 is 14.7 Å². The number of likely N-dealkylation sites (tertiary alicyclic amines) is 1. The number of aliphatic hydroxyl groups excluding tert-OH is 1. The van der Waals surface area contributed by atoms with Gasteiger partial charge >= 0.3 is 0 Å². The van der Waals surface area contributed by atoms with E-state index in [2.05, 4.69) is 18.7 Å². The summed E-state index contributed by atoms with van der Waals surface area (Å²) in [5, 5.41) is 9.72. The van der Waals surface area contributed by atoms with Crippen LogP contribution in [0.15, 0.2) is 0 Å². The van der Waals surface area contributed by atoms with Crippen molar-refractivity contribution in [1.82, 2.24) is 4.90 Å². The summed E-state index contributed by atoms with van der Waals surface area (Å²) in [6.45, 7) is 7.97. The Balaban J connectivity index is 2.37. The van der Waals surface area contributed by atoms with Crippen LogP contribution in [0.3, 0.4) is 0 Å². The minimum Gasteiger partial charge on any atom is -0.392 e. The predicted octanol–water partition coefficient (Wildman–Crippen LogP) is 0.726. The van der Waals surface area contributed by atoms with Crippen molar-refractivity contribution in [2.75, 3.05) is 33.4 Å². The van der Waals surface area contributed by atoms with E-state index in [0.717, 1.165) is 32.7 Å². The zero-order valence-corrected chi connectivity index (χ0v) is 8.92. The number of nitrogens with zero attached hydrogens (tertiary/aromatic N) is 1. The lowest BCUT2D eigenvalue weighted by atomic mass is 9.81. The van der Waals surface area contributed by atoms with Crippen LogP contribution in [0, 0.1) is 5.41 Å². The largest absolute Gasteiger partial charge is 0.392 e. The van der Waals surface area contributed by atoms with Crippen LogP contribution in [0.25, 0.3) is 0 Å². The fraction of sp³-hybridized carbons (Fsp3) is 1.00. The summed E-state index contributed by atoms with van der Waals surface area (Å²) in [5.74, 6) is 0. The van der Waals surface area contributed by atoms with Gasteiger partial charge in [0.15, 0.2) is 0 Å². The maximum Gasteiger partial charge on any atom is 0.0615 e. The Morgan fingerprint density at radius 1 is 1.54 bits per heavy atom. The average Bonchev–Trinajstić information content (AvgIpc) is 2.07. The monoisotopic (exact) mass is 187 g/mol. The van der Waals surface area contributed by atoms with E-state index in [1.165, 1.54) is 0 Å². The maximum atomic E-state index is 9.72. The van der Waals surface area contributed by atoms with Crippen molar-refractivity contribution in [2.24, 2.45) is 5.41 Å². The summed E-state index contributed by atoms with van der Waals surface area (Å²) in [4.78, 5) is 2.36. The Morgan fingerprint density at radius 3 is 2.77 bits per heavy atom. The number of aliphatic hydroxyl groups is 1. The van der Waals surface area contributed by atoms with E-state index in [1.807, 2.05) is 0 Å². The molecule has 1 rings (SSSR count). The van der Waals surface area contributed by atoms with Gasteiger partial charge in [0.05, 0.1) is 12.7 Å². The maximum absolute atomic E-state index is 9.72. The van der Waals surface area contributed by atoms with Gasteiger partial charge in [-0.25, -0.2) is 0 Å². The summed E-state index contributed by atoms with van der Waals surface area (Å²) in [5.41, 5.74) is 0.0337. The molecule has 1 heterocycles. The van der Waals surface area contributed by atoms with Crippen LogP contribution in [0.1, 0.15) is 20.3 Å². The van der Waals surface area contributed by atoms with E-state index in [1.54, 1.807) is 7.11 Å². The van der Waals surface area contributed by atoms with Gasteiger partial charge in [-0.2, -0.15) is 0 Å². The van der Waals surface area contributed by atoms with Gasteiger partial charge in [0.2, 0.25) is 0 Å². The molecular formula is C10H21NO2. The summed E-state index contributed by atoms with van der Waals surface area (Å²) in [6.07, 6.45) is 0.739. The number of ether oxygens (including phenoxy) is 1. The molecule has 0 spiro atoms. The van der Waals surface area contributed by atoms with Gasteiger partial charge in [-0.05, 0) is 6.42 Å². The molecule has 0 radical (unpaired) electrons. The normalized spacial score (nSPS) is 29.1. The van der Waals surface area contributed by atoms with Gasteiger partial charge in [0.25, 0.3) is 0 Å². The molecule has 1 N–H and O–H groups in total. The van der Waals surface area contributed by atoms with E-state index in [9.17, 15) is 5.11 Å². The SMILES string of the molecule is COCCN1CCC(O)C(C)(C)C1. The van der Waals surface area contributed by atoms with Crippen molar-refractivity contribution in [3.8, 4) is 0 Å². The molecule has 1 fully saturated rings. The minimum absolute atomic E-state index is 0.0337. The van der Waals surface area contributed by atoms with Gasteiger partial charge in [-0.15, -0.1) is 0 Å². The van der Waals surface area contributed by atoms with E-state index in [-0.39, 0.29) is 11.5 Å². The molecule has 0 amide bonds. The van der Waals surface area contributed by atoms with E-state index in [4.69, 9.17) is 4.74 Å². The molecule has 0 aliphatic carbocycles. The lowest BCUT2D eigenvalue weighted by Gasteiger charge is -2.41. The van der Waals surface area contributed by atoms with Crippen LogP contribution in [0.4, 0.5) is 0 Å². The first-order valence-electron chi connectivity index (χ1n) is 4.95. The Bertz CT molecular complexity index is 157. The molecule has 0 saturated carbocycles. The first kappa shape index (κ1) is 11.0. The molecule has 1 aliphatic heterocycles. The second-order valence-corrected chi connectivity index (χ2v) is 4.56. The van der Waals surface area contributed by atoms with Crippen molar-refractivity contribution in [1.29, 1.82) is 0 Å². The summed E-state index contributed by atoms with van der Waals surface area (Å²) in [6, 6.07) is 0. The number of hydrogen-bond acceptors (Lipinski definition) is 3. The zero-order chi connectivity index (χ0) is 9.90. The molecule has 3 nitrogen and oxygen atoms in total. The number of hydrogen-bond donors (Lipinski definition) is 1. The first-order valence-corrected chi connectivity index (χ1v) is 4.95. The van der Waals surface area contributed by atoms with Crippen LogP contribution in [0.5, 0.6) is 0 Å². The number of rotatable bonds is 3. The molecule has 0 aromatic carbocycles. The zero-order valence-electron chi connectivity index (χ0n) is 8.92. The average molecular weight is 187 g/mol. The number of methoxy groups -OCH3 is 1. The van der Waals surface area contributed by atoms with Crippen LogP contribution in [-0.4, -0.2) is 49.5 Å². The third-order valence-electron chi connectivity index (χ3n) is 2.86. The molecule has 3 heteroatoms. The first-order chi connectivity index (χ1) is 6.06. The van der Waals surface area contributed by atoms with Gasteiger partial charge in [0.1, 0.15) is 0 Å².